The summed E-state index contributed by atoms with van der Waals surface area (Å²) in [5.74, 6) is 2.17. The van der Waals surface area contributed by atoms with Crippen LogP contribution in [0.4, 0.5) is 5.69 Å². The first-order valence-electron chi connectivity index (χ1n) is 10.1. The lowest BCUT2D eigenvalue weighted by Gasteiger charge is -2.18. The molecule has 1 aromatic heterocycles. The second-order valence-corrected chi connectivity index (χ2v) is 7.36. The number of para-hydroxylation sites is 1. The van der Waals surface area contributed by atoms with Gasteiger partial charge in [0.1, 0.15) is 0 Å². The number of nitrogens with zero attached hydrogens (tertiary/aromatic N) is 3. The van der Waals surface area contributed by atoms with E-state index in [1.165, 1.54) is 0 Å². The molecule has 1 aliphatic rings. The molecular weight excluding hydrogens is 382 g/mol. The number of benzene rings is 2. The van der Waals surface area contributed by atoms with Crippen LogP contribution in [-0.4, -0.2) is 36.3 Å². The van der Waals surface area contributed by atoms with Crippen molar-refractivity contribution in [2.75, 3.05) is 25.2 Å². The van der Waals surface area contributed by atoms with E-state index in [2.05, 4.69) is 17.1 Å². The third-order valence-electron chi connectivity index (χ3n) is 5.21. The number of ether oxygens (including phenoxy) is 2. The molecular formula is C23H25N3O4. The van der Waals surface area contributed by atoms with Crippen molar-refractivity contribution >= 4 is 11.6 Å². The molecule has 1 unspecified atom stereocenters. The number of carbonyl (C=O) groups is 1. The van der Waals surface area contributed by atoms with E-state index in [0.29, 0.717) is 42.8 Å². The SMILES string of the molecule is CCCOc1ccc(-c2noc(C3CC(=O)N(c4ccccc4C)C3)n2)cc1OC. The first-order valence-corrected chi connectivity index (χ1v) is 10.1. The fourth-order valence-corrected chi connectivity index (χ4v) is 3.63. The summed E-state index contributed by atoms with van der Waals surface area (Å²) in [6.45, 7) is 5.20. The highest BCUT2D eigenvalue weighted by Gasteiger charge is 2.35. The molecule has 2 aromatic carbocycles. The van der Waals surface area contributed by atoms with Crippen molar-refractivity contribution in [2.45, 2.75) is 32.6 Å². The minimum absolute atomic E-state index is 0.0631. The Morgan fingerprint density at radius 3 is 2.80 bits per heavy atom. The van der Waals surface area contributed by atoms with Crippen LogP contribution in [0, 0.1) is 6.92 Å². The Labute approximate surface area is 175 Å². The van der Waals surface area contributed by atoms with Crippen molar-refractivity contribution < 1.29 is 18.8 Å². The average molecular weight is 407 g/mol. The van der Waals surface area contributed by atoms with Gasteiger partial charge >= 0.3 is 0 Å². The molecule has 7 nitrogen and oxygen atoms in total. The van der Waals surface area contributed by atoms with Crippen LogP contribution in [0.1, 0.15) is 37.1 Å². The van der Waals surface area contributed by atoms with Crippen molar-refractivity contribution in [3.63, 3.8) is 0 Å². The molecule has 3 aromatic rings. The van der Waals surface area contributed by atoms with E-state index in [1.54, 1.807) is 12.0 Å². The van der Waals surface area contributed by atoms with Crippen LogP contribution in [0.25, 0.3) is 11.4 Å². The van der Waals surface area contributed by atoms with Crippen LogP contribution in [0.15, 0.2) is 47.0 Å². The molecule has 0 spiro atoms. The maximum Gasteiger partial charge on any atom is 0.232 e. The quantitative estimate of drug-likeness (QED) is 0.579. The van der Waals surface area contributed by atoms with E-state index in [4.69, 9.17) is 14.0 Å². The molecule has 1 aliphatic heterocycles. The topological polar surface area (TPSA) is 77.7 Å². The number of methoxy groups -OCH3 is 1. The normalized spacial score (nSPS) is 16.2. The van der Waals surface area contributed by atoms with Gasteiger partial charge < -0.3 is 18.9 Å². The van der Waals surface area contributed by atoms with Crippen LogP contribution < -0.4 is 14.4 Å². The monoisotopic (exact) mass is 407 g/mol. The predicted molar refractivity (Wildman–Crippen MR) is 113 cm³/mol. The highest BCUT2D eigenvalue weighted by Crippen LogP contribution is 2.35. The summed E-state index contributed by atoms with van der Waals surface area (Å²) in [6.07, 6.45) is 1.27. The largest absolute Gasteiger partial charge is 0.493 e. The number of rotatable bonds is 7. The zero-order chi connectivity index (χ0) is 21.1. The fraction of sp³-hybridized carbons (Fsp3) is 0.348. The second kappa shape index (κ2) is 8.57. The Hall–Kier alpha value is -3.35. The summed E-state index contributed by atoms with van der Waals surface area (Å²) in [7, 11) is 1.60. The van der Waals surface area contributed by atoms with Crippen LogP contribution >= 0.6 is 0 Å². The van der Waals surface area contributed by atoms with Crippen LogP contribution in [-0.2, 0) is 4.79 Å². The van der Waals surface area contributed by atoms with Gasteiger partial charge in [-0.25, -0.2) is 0 Å². The lowest BCUT2D eigenvalue weighted by molar-refractivity contribution is -0.117. The first-order chi connectivity index (χ1) is 14.6. The number of amides is 1. The van der Waals surface area contributed by atoms with E-state index >= 15 is 0 Å². The van der Waals surface area contributed by atoms with Crippen molar-refractivity contribution in [3.05, 3.63) is 53.9 Å². The number of carbonyl (C=O) groups excluding carboxylic acids is 1. The van der Waals surface area contributed by atoms with Gasteiger partial charge in [0.15, 0.2) is 11.5 Å². The van der Waals surface area contributed by atoms with Crippen LogP contribution in [0.2, 0.25) is 0 Å². The lowest BCUT2D eigenvalue weighted by atomic mass is 10.1. The Morgan fingerprint density at radius 2 is 2.03 bits per heavy atom. The maximum atomic E-state index is 12.6. The molecule has 1 atom stereocenters. The Bertz CT molecular complexity index is 1050. The molecule has 0 N–H and O–H groups in total. The van der Waals surface area contributed by atoms with Gasteiger partial charge in [0, 0.05) is 24.2 Å². The third-order valence-corrected chi connectivity index (χ3v) is 5.21. The van der Waals surface area contributed by atoms with E-state index in [1.807, 2.05) is 49.4 Å². The summed E-state index contributed by atoms with van der Waals surface area (Å²) < 4.78 is 16.7. The smallest absolute Gasteiger partial charge is 0.232 e. The third kappa shape index (κ3) is 3.87. The van der Waals surface area contributed by atoms with Crippen molar-refractivity contribution in [1.29, 1.82) is 0 Å². The zero-order valence-electron chi connectivity index (χ0n) is 17.4. The molecule has 0 radical (unpaired) electrons. The molecule has 0 saturated carbocycles. The number of anilines is 1. The summed E-state index contributed by atoms with van der Waals surface area (Å²) >= 11 is 0. The van der Waals surface area contributed by atoms with Crippen LogP contribution in [0.3, 0.4) is 0 Å². The summed E-state index contributed by atoms with van der Waals surface area (Å²) in [5, 5.41) is 4.13. The van der Waals surface area contributed by atoms with E-state index in [0.717, 1.165) is 23.2 Å². The second-order valence-electron chi connectivity index (χ2n) is 7.36. The molecule has 7 heteroatoms. The summed E-state index contributed by atoms with van der Waals surface area (Å²) in [6, 6.07) is 13.4. The number of hydrogen-bond donors (Lipinski definition) is 0. The Balaban J connectivity index is 1.53. The van der Waals surface area contributed by atoms with Crippen molar-refractivity contribution in [3.8, 4) is 22.9 Å². The molecule has 30 heavy (non-hydrogen) atoms. The highest BCUT2D eigenvalue weighted by molar-refractivity contribution is 5.97. The van der Waals surface area contributed by atoms with Gasteiger partial charge in [-0.1, -0.05) is 30.3 Å². The van der Waals surface area contributed by atoms with E-state index < -0.39 is 0 Å². The van der Waals surface area contributed by atoms with Crippen molar-refractivity contribution in [2.24, 2.45) is 0 Å². The lowest BCUT2D eigenvalue weighted by Crippen LogP contribution is -2.25. The molecule has 156 valence electrons. The molecule has 4 rings (SSSR count). The van der Waals surface area contributed by atoms with Gasteiger partial charge in [0.25, 0.3) is 0 Å². The van der Waals surface area contributed by atoms with E-state index in [-0.39, 0.29) is 11.8 Å². The Morgan fingerprint density at radius 1 is 1.20 bits per heavy atom. The number of hydrogen-bond acceptors (Lipinski definition) is 6. The van der Waals surface area contributed by atoms with Gasteiger partial charge in [0.2, 0.25) is 17.6 Å². The zero-order valence-corrected chi connectivity index (χ0v) is 17.4. The molecule has 2 heterocycles. The van der Waals surface area contributed by atoms with Gasteiger partial charge in [-0.15, -0.1) is 0 Å². The standard InChI is InChI=1S/C23H25N3O4/c1-4-11-29-19-10-9-16(12-20(19)28-3)22-24-23(30-25-22)17-13-21(27)26(14-17)18-8-6-5-7-15(18)2/h5-10,12,17H,4,11,13-14H2,1-3H3. The molecule has 1 amide bonds. The Kier molecular flexibility index (Phi) is 5.70. The number of aromatic nitrogens is 2. The van der Waals surface area contributed by atoms with Gasteiger partial charge in [-0.05, 0) is 43.2 Å². The van der Waals surface area contributed by atoms with Gasteiger partial charge in [-0.3, -0.25) is 4.79 Å². The first kappa shape index (κ1) is 19.9. The minimum Gasteiger partial charge on any atom is -0.493 e. The van der Waals surface area contributed by atoms with Gasteiger partial charge in [0.05, 0.1) is 19.6 Å². The predicted octanol–water partition coefficient (Wildman–Crippen LogP) is 4.36. The summed E-state index contributed by atoms with van der Waals surface area (Å²) in [5.41, 5.74) is 2.76. The average Bonchev–Trinajstić information content (AvgIpc) is 3.39. The maximum absolute atomic E-state index is 12.6. The van der Waals surface area contributed by atoms with Crippen LogP contribution in [0.5, 0.6) is 11.5 Å². The summed E-state index contributed by atoms with van der Waals surface area (Å²) in [4.78, 5) is 19.0. The molecule has 0 bridgehead atoms. The van der Waals surface area contributed by atoms with Gasteiger partial charge in [-0.2, -0.15) is 4.98 Å². The molecule has 0 aliphatic carbocycles. The number of aryl methyl sites for hydroxylation is 1. The molecule has 1 fully saturated rings. The van der Waals surface area contributed by atoms with Crippen molar-refractivity contribution in [1.82, 2.24) is 10.1 Å². The van der Waals surface area contributed by atoms with E-state index in [9.17, 15) is 4.79 Å². The molecule has 1 saturated heterocycles. The fourth-order valence-electron chi connectivity index (χ4n) is 3.63. The minimum atomic E-state index is -0.132. The highest BCUT2D eigenvalue weighted by atomic mass is 16.5.